The van der Waals surface area contributed by atoms with Crippen LogP contribution in [0.25, 0.3) is 0 Å². The molecule has 1 aliphatic heterocycles. The van der Waals surface area contributed by atoms with E-state index >= 15 is 0 Å². The van der Waals surface area contributed by atoms with Gasteiger partial charge in [0.05, 0.1) is 0 Å². The SMILES string of the molecule is CCC1CN(c2cc(NN)nc(C)n2)CCS1. The Bertz CT molecular complexity index is 384. The lowest BCUT2D eigenvalue weighted by Gasteiger charge is -2.32. The Morgan fingerprint density at radius 1 is 1.59 bits per heavy atom. The predicted molar refractivity (Wildman–Crippen MR) is 73.3 cm³/mol. The number of nitrogens with two attached hydrogens (primary N) is 1. The number of nitrogens with zero attached hydrogens (tertiary/aromatic N) is 3. The zero-order chi connectivity index (χ0) is 12.3. The Morgan fingerprint density at radius 3 is 3.12 bits per heavy atom. The molecule has 0 aromatic carbocycles. The molecule has 0 amide bonds. The van der Waals surface area contributed by atoms with Crippen LogP contribution in [0.15, 0.2) is 6.07 Å². The van der Waals surface area contributed by atoms with Crippen molar-refractivity contribution in [2.45, 2.75) is 25.5 Å². The molecule has 1 aromatic rings. The van der Waals surface area contributed by atoms with Crippen LogP contribution in [-0.4, -0.2) is 34.1 Å². The number of rotatable bonds is 3. The maximum absolute atomic E-state index is 5.41. The molecule has 3 N–H and O–H groups in total. The number of hydrogen-bond acceptors (Lipinski definition) is 6. The number of nitrogen functional groups attached to an aromatic ring is 1. The number of hydrazine groups is 1. The summed E-state index contributed by atoms with van der Waals surface area (Å²) in [6.45, 7) is 6.23. The van der Waals surface area contributed by atoms with E-state index in [0.717, 1.165) is 30.5 Å². The second kappa shape index (κ2) is 5.55. The molecule has 94 valence electrons. The van der Waals surface area contributed by atoms with Gasteiger partial charge in [0.15, 0.2) is 0 Å². The van der Waals surface area contributed by atoms with Crippen molar-refractivity contribution in [3.8, 4) is 0 Å². The van der Waals surface area contributed by atoms with E-state index in [9.17, 15) is 0 Å². The van der Waals surface area contributed by atoms with Crippen molar-refractivity contribution in [3.05, 3.63) is 11.9 Å². The third kappa shape index (κ3) is 3.01. The largest absolute Gasteiger partial charge is 0.355 e. The maximum atomic E-state index is 5.41. The third-order valence-corrected chi connectivity index (χ3v) is 4.26. The topological polar surface area (TPSA) is 67.1 Å². The Balaban J connectivity index is 2.18. The third-order valence-electron chi connectivity index (χ3n) is 2.89. The Morgan fingerprint density at radius 2 is 2.41 bits per heavy atom. The molecule has 0 spiro atoms. The molecule has 1 aromatic heterocycles. The lowest BCUT2D eigenvalue weighted by molar-refractivity contribution is 0.717. The highest BCUT2D eigenvalue weighted by Crippen LogP contribution is 2.25. The minimum Gasteiger partial charge on any atom is -0.355 e. The fraction of sp³-hybridized carbons (Fsp3) is 0.636. The number of anilines is 2. The van der Waals surface area contributed by atoms with Gasteiger partial charge in [0.25, 0.3) is 0 Å². The van der Waals surface area contributed by atoms with Gasteiger partial charge < -0.3 is 10.3 Å². The molecule has 1 atom stereocenters. The van der Waals surface area contributed by atoms with Crippen molar-refractivity contribution in [2.24, 2.45) is 5.84 Å². The molecule has 2 rings (SSSR count). The first-order valence-electron chi connectivity index (χ1n) is 5.91. The molecule has 17 heavy (non-hydrogen) atoms. The second-order valence-electron chi connectivity index (χ2n) is 4.15. The van der Waals surface area contributed by atoms with Gasteiger partial charge in [-0.25, -0.2) is 15.8 Å². The van der Waals surface area contributed by atoms with E-state index in [2.05, 4.69) is 39.0 Å². The van der Waals surface area contributed by atoms with Crippen LogP contribution in [0.3, 0.4) is 0 Å². The average molecular weight is 253 g/mol. The standard InChI is InChI=1S/C11H19N5S/c1-3-9-7-16(4-5-17-9)11-6-10(15-12)13-8(2)14-11/h6,9H,3-5,7,12H2,1-2H3,(H,13,14,15). The van der Waals surface area contributed by atoms with Gasteiger partial charge in [0, 0.05) is 30.2 Å². The molecule has 1 unspecified atom stereocenters. The van der Waals surface area contributed by atoms with Gasteiger partial charge in [-0.05, 0) is 13.3 Å². The minimum absolute atomic E-state index is 0.679. The highest BCUT2D eigenvalue weighted by Gasteiger charge is 2.20. The highest BCUT2D eigenvalue weighted by molar-refractivity contribution is 8.00. The smallest absolute Gasteiger partial charge is 0.145 e. The van der Waals surface area contributed by atoms with Crippen LogP contribution < -0.4 is 16.2 Å². The van der Waals surface area contributed by atoms with Crippen molar-refractivity contribution >= 4 is 23.4 Å². The molecule has 5 nitrogen and oxygen atoms in total. The van der Waals surface area contributed by atoms with Crippen LogP contribution >= 0.6 is 11.8 Å². The first-order chi connectivity index (χ1) is 8.22. The quantitative estimate of drug-likeness (QED) is 0.627. The van der Waals surface area contributed by atoms with E-state index < -0.39 is 0 Å². The molecule has 0 saturated carbocycles. The summed E-state index contributed by atoms with van der Waals surface area (Å²) < 4.78 is 0. The van der Waals surface area contributed by atoms with E-state index in [1.54, 1.807) is 0 Å². The van der Waals surface area contributed by atoms with Crippen LogP contribution in [0.5, 0.6) is 0 Å². The molecule has 0 radical (unpaired) electrons. The summed E-state index contributed by atoms with van der Waals surface area (Å²) in [6.07, 6.45) is 1.20. The zero-order valence-electron chi connectivity index (χ0n) is 10.3. The number of nitrogens with one attached hydrogen (secondary N) is 1. The Labute approximate surface area is 106 Å². The summed E-state index contributed by atoms with van der Waals surface area (Å²) in [7, 11) is 0. The molecule has 1 fully saturated rings. The summed E-state index contributed by atoms with van der Waals surface area (Å²) >= 11 is 2.05. The van der Waals surface area contributed by atoms with Crippen LogP contribution in [-0.2, 0) is 0 Å². The van der Waals surface area contributed by atoms with Crippen molar-refractivity contribution < 1.29 is 0 Å². The average Bonchev–Trinajstić information content (AvgIpc) is 2.38. The van der Waals surface area contributed by atoms with Crippen molar-refractivity contribution in [1.29, 1.82) is 0 Å². The fourth-order valence-corrected chi connectivity index (χ4v) is 3.14. The minimum atomic E-state index is 0.679. The Kier molecular flexibility index (Phi) is 4.06. The number of aryl methyl sites for hydroxylation is 1. The molecule has 1 saturated heterocycles. The number of hydrogen-bond donors (Lipinski definition) is 2. The summed E-state index contributed by atoms with van der Waals surface area (Å²) in [5, 5.41) is 0.702. The first kappa shape index (κ1) is 12.4. The van der Waals surface area contributed by atoms with Crippen LogP contribution in [0, 0.1) is 6.92 Å². The van der Waals surface area contributed by atoms with Crippen LogP contribution in [0.4, 0.5) is 11.6 Å². The predicted octanol–water partition coefficient (Wildman–Crippen LogP) is 1.40. The second-order valence-corrected chi connectivity index (χ2v) is 5.56. The van der Waals surface area contributed by atoms with E-state index in [4.69, 9.17) is 5.84 Å². The number of thioether (sulfide) groups is 1. The fourth-order valence-electron chi connectivity index (χ4n) is 1.96. The normalized spacial score (nSPS) is 20.4. The molecule has 0 aliphatic carbocycles. The van der Waals surface area contributed by atoms with Gasteiger partial charge in [-0.3, -0.25) is 0 Å². The monoisotopic (exact) mass is 253 g/mol. The van der Waals surface area contributed by atoms with Gasteiger partial charge >= 0.3 is 0 Å². The van der Waals surface area contributed by atoms with Crippen molar-refractivity contribution in [2.75, 3.05) is 29.2 Å². The van der Waals surface area contributed by atoms with E-state index in [1.165, 1.54) is 6.42 Å². The first-order valence-corrected chi connectivity index (χ1v) is 6.96. The van der Waals surface area contributed by atoms with Gasteiger partial charge in [-0.1, -0.05) is 6.92 Å². The van der Waals surface area contributed by atoms with Crippen molar-refractivity contribution in [1.82, 2.24) is 9.97 Å². The van der Waals surface area contributed by atoms with Crippen LogP contribution in [0.1, 0.15) is 19.2 Å². The molecule has 2 heterocycles. The van der Waals surface area contributed by atoms with Gasteiger partial charge in [-0.2, -0.15) is 11.8 Å². The lowest BCUT2D eigenvalue weighted by Crippen LogP contribution is -2.38. The summed E-state index contributed by atoms with van der Waals surface area (Å²) in [4.78, 5) is 11.0. The molecule has 6 heteroatoms. The van der Waals surface area contributed by atoms with Gasteiger partial charge in [0.1, 0.15) is 17.5 Å². The summed E-state index contributed by atoms with van der Waals surface area (Å²) in [5.41, 5.74) is 2.59. The van der Waals surface area contributed by atoms with Gasteiger partial charge in [-0.15, -0.1) is 0 Å². The maximum Gasteiger partial charge on any atom is 0.145 e. The molecular formula is C11H19N5S. The molecule has 0 bridgehead atoms. The highest BCUT2D eigenvalue weighted by atomic mass is 32.2. The van der Waals surface area contributed by atoms with Crippen molar-refractivity contribution in [3.63, 3.8) is 0 Å². The summed E-state index contributed by atoms with van der Waals surface area (Å²) in [5.74, 6) is 8.97. The number of aromatic nitrogens is 2. The van der Waals surface area contributed by atoms with Crippen LogP contribution in [0.2, 0.25) is 0 Å². The summed E-state index contributed by atoms with van der Waals surface area (Å²) in [6, 6.07) is 1.91. The Hall–Kier alpha value is -1.01. The van der Waals surface area contributed by atoms with E-state index in [-0.39, 0.29) is 0 Å². The van der Waals surface area contributed by atoms with Gasteiger partial charge in [0.2, 0.25) is 0 Å². The zero-order valence-corrected chi connectivity index (χ0v) is 11.1. The van der Waals surface area contributed by atoms with E-state index in [0.29, 0.717) is 11.1 Å². The lowest BCUT2D eigenvalue weighted by atomic mass is 10.3. The molecule has 1 aliphatic rings. The van der Waals surface area contributed by atoms with E-state index in [1.807, 2.05) is 13.0 Å². The molecular weight excluding hydrogens is 234 g/mol.